The van der Waals surface area contributed by atoms with Crippen molar-refractivity contribution in [1.29, 1.82) is 0 Å². The summed E-state index contributed by atoms with van der Waals surface area (Å²) in [5.41, 5.74) is 1.16. The van der Waals surface area contributed by atoms with E-state index in [0.29, 0.717) is 12.1 Å². The van der Waals surface area contributed by atoms with Crippen molar-refractivity contribution in [2.24, 2.45) is 0 Å². The molecule has 3 heterocycles. The van der Waals surface area contributed by atoms with Crippen LogP contribution in [0.5, 0.6) is 0 Å². The molecule has 1 aromatic heterocycles. The molecule has 128 valence electrons. The van der Waals surface area contributed by atoms with Crippen LogP contribution < -0.4 is 5.32 Å². The third-order valence-corrected chi connectivity index (χ3v) is 6.41. The standard InChI is InChI=1S/C18H19BrN2OS.ClH/c19-13-3-1-12(2-4-13)16-7-8-17(23-16)18(22)21-10-9-14-5-6-15(11-21)20-14;/h1-4,7-8,14-15,20H,5-6,9-11H2;1H. The summed E-state index contributed by atoms with van der Waals surface area (Å²) >= 11 is 5.05. The lowest BCUT2D eigenvalue weighted by atomic mass is 10.1. The molecule has 24 heavy (non-hydrogen) atoms. The minimum atomic E-state index is 0. The average Bonchev–Trinajstić information content (AvgIpc) is 3.14. The van der Waals surface area contributed by atoms with Crippen LogP contribution in [-0.2, 0) is 0 Å². The van der Waals surface area contributed by atoms with Gasteiger partial charge < -0.3 is 10.2 Å². The van der Waals surface area contributed by atoms with Crippen molar-refractivity contribution in [3.63, 3.8) is 0 Å². The Morgan fingerprint density at radius 2 is 1.83 bits per heavy atom. The summed E-state index contributed by atoms with van der Waals surface area (Å²) in [5, 5.41) is 3.63. The van der Waals surface area contributed by atoms with Crippen LogP contribution in [0.4, 0.5) is 0 Å². The van der Waals surface area contributed by atoms with Crippen LogP contribution in [-0.4, -0.2) is 36.0 Å². The fourth-order valence-electron chi connectivity index (χ4n) is 3.51. The molecule has 1 aromatic carbocycles. The molecule has 3 nitrogen and oxygen atoms in total. The average molecular weight is 428 g/mol. The maximum atomic E-state index is 12.8. The number of carbonyl (C=O) groups is 1. The molecule has 0 radical (unpaired) electrons. The van der Waals surface area contributed by atoms with Gasteiger partial charge in [0.05, 0.1) is 4.88 Å². The Bertz CT molecular complexity index is 718. The van der Waals surface area contributed by atoms with Gasteiger partial charge in [-0.25, -0.2) is 0 Å². The van der Waals surface area contributed by atoms with E-state index in [4.69, 9.17) is 0 Å². The number of amides is 1. The van der Waals surface area contributed by atoms with Crippen molar-refractivity contribution < 1.29 is 4.79 Å². The Labute approximate surface area is 161 Å². The van der Waals surface area contributed by atoms with Crippen molar-refractivity contribution in [2.45, 2.75) is 31.3 Å². The first kappa shape index (κ1) is 17.9. The highest BCUT2D eigenvalue weighted by Crippen LogP contribution is 2.30. The molecule has 2 atom stereocenters. The number of nitrogens with one attached hydrogen (secondary N) is 1. The molecule has 2 aliphatic rings. The van der Waals surface area contributed by atoms with Crippen LogP contribution in [0, 0.1) is 0 Å². The topological polar surface area (TPSA) is 32.3 Å². The molecule has 2 aromatic rings. The highest BCUT2D eigenvalue weighted by molar-refractivity contribution is 9.10. The van der Waals surface area contributed by atoms with E-state index in [1.165, 1.54) is 12.8 Å². The zero-order chi connectivity index (χ0) is 15.8. The summed E-state index contributed by atoms with van der Waals surface area (Å²) in [4.78, 5) is 16.9. The van der Waals surface area contributed by atoms with E-state index < -0.39 is 0 Å². The van der Waals surface area contributed by atoms with Crippen LogP contribution in [0.15, 0.2) is 40.9 Å². The van der Waals surface area contributed by atoms with E-state index in [-0.39, 0.29) is 18.3 Å². The third-order valence-electron chi connectivity index (χ3n) is 4.76. The van der Waals surface area contributed by atoms with Gasteiger partial charge >= 0.3 is 0 Å². The van der Waals surface area contributed by atoms with Gasteiger partial charge in [-0.05, 0) is 49.1 Å². The number of carbonyl (C=O) groups excluding carboxylic acids is 1. The third kappa shape index (κ3) is 3.69. The number of hydrogen-bond acceptors (Lipinski definition) is 3. The van der Waals surface area contributed by atoms with Crippen LogP contribution in [0.1, 0.15) is 28.9 Å². The number of rotatable bonds is 2. The zero-order valence-electron chi connectivity index (χ0n) is 13.2. The molecule has 2 fully saturated rings. The number of hydrogen-bond donors (Lipinski definition) is 1. The minimum Gasteiger partial charge on any atom is -0.336 e. The lowest BCUT2D eigenvalue weighted by molar-refractivity contribution is 0.0753. The number of fused-ring (bicyclic) bond motifs is 2. The Balaban J connectivity index is 0.00000169. The van der Waals surface area contributed by atoms with Gasteiger partial charge in [0, 0.05) is 34.5 Å². The van der Waals surface area contributed by atoms with Gasteiger partial charge in [-0.2, -0.15) is 0 Å². The fourth-order valence-corrected chi connectivity index (χ4v) is 4.75. The molecule has 2 aliphatic heterocycles. The molecule has 0 saturated carbocycles. The highest BCUT2D eigenvalue weighted by atomic mass is 79.9. The van der Waals surface area contributed by atoms with Gasteiger partial charge in [-0.1, -0.05) is 28.1 Å². The van der Waals surface area contributed by atoms with Crippen LogP contribution in [0.25, 0.3) is 10.4 Å². The Morgan fingerprint density at radius 3 is 2.62 bits per heavy atom. The quantitative estimate of drug-likeness (QED) is 0.761. The largest absolute Gasteiger partial charge is 0.336 e. The summed E-state index contributed by atoms with van der Waals surface area (Å²) in [6, 6.07) is 13.4. The van der Waals surface area contributed by atoms with Gasteiger partial charge in [0.2, 0.25) is 0 Å². The van der Waals surface area contributed by atoms with E-state index >= 15 is 0 Å². The molecule has 2 bridgehead atoms. The molecule has 6 heteroatoms. The maximum Gasteiger partial charge on any atom is 0.263 e. The summed E-state index contributed by atoms with van der Waals surface area (Å²) < 4.78 is 1.07. The molecule has 2 unspecified atom stereocenters. The van der Waals surface area contributed by atoms with E-state index in [1.54, 1.807) is 11.3 Å². The van der Waals surface area contributed by atoms with E-state index in [0.717, 1.165) is 39.3 Å². The minimum absolute atomic E-state index is 0. The Morgan fingerprint density at radius 1 is 1.08 bits per heavy atom. The first-order chi connectivity index (χ1) is 11.2. The smallest absolute Gasteiger partial charge is 0.263 e. The van der Waals surface area contributed by atoms with Gasteiger partial charge in [-0.3, -0.25) is 4.79 Å². The monoisotopic (exact) mass is 426 g/mol. The van der Waals surface area contributed by atoms with Crippen LogP contribution >= 0.6 is 39.7 Å². The number of halogens is 2. The summed E-state index contributed by atoms with van der Waals surface area (Å²) in [7, 11) is 0. The van der Waals surface area contributed by atoms with Crippen molar-refractivity contribution in [3.8, 4) is 10.4 Å². The second-order valence-corrected chi connectivity index (χ2v) is 8.35. The molecule has 0 aliphatic carbocycles. The summed E-state index contributed by atoms with van der Waals surface area (Å²) in [5.74, 6) is 0.188. The summed E-state index contributed by atoms with van der Waals surface area (Å²) in [6.45, 7) is 1.72. The molecule has 1 amide bonds. The summed E-state index contributed by atoms with van der Waals surface area (Å²) in [6.07, 6.45) is 3.54. The van der Waals surface area contributed by atoms with Gasteiger partial charge in [0.1, 0.15) is 0 Å². The van der Waals surface area contributed by atoms with Crippen molar-refractivity contribution in [2.75, 3.05) is 13.1 Å². The predicted molar refractivity (Wildman–Crippen MR) is 105 cm³/mol. The zero-order valence-corrected chi connectivity index (χ0v) is 16.4. The predicted octanol–water partition coefficient (Wildman–Crippen LogP) is 4.57. The van der Waals surface area contributed by atoms with E-state index in [1.807, 2.05) is 23.1 Å². The fraction of sp³-hybridized carbons (Fsp3) is 0.389. The molecule has 4 rings (SSSR count). The number of nitrogens with zero attached hydrogens (tertiary/aromatic N) is 1. The normalized spacial score (nSPS) is 22.8. The second-order valence-electron chi connectivity index (χ2n) is 6.35. The SMILES string of the molecule is Cl.O=C(c1ccc(-c2ccc(Br)cc2)s1)N1CCC2CCC(C1)N2. The van der Waals surface area contributed by atoms with E-state index in [2.05, 4.69) is 39.4 Å². The Hall–Kier alpha value is -0.880. The maximum absolute atomic E-state index is 12.8. The lowest BCUT2D eigenvalue weighted by Crippen LogP contribution is -2.38. The van der Waals surface area contributed by atoms with Crippen molar-refractivity contribution >= 4 is 45.6 Å². The molecule has 0 spiro atoms. The molecular formula is C18H20BrClN2OS. The van der Waals surface area contributed by atoms with Crippen molar-refractivity contribution in [3.05, 3.63) is 45.7 Å². The number of likely N-dealkylation sites (tertiary alicyclic amines) is 1. The Kier molecular flexibility index (Phi) is 5.65. The molecule has 2 saturated heterocycles. The van der Waals surface area contributed by atoms with Crippen molar-refractivity contribution in [1.82, 2.24) is 10.2 Å². The molecular weight excluding hydrogens is 408 g/mol. The van der Waals surface area contributed by atoms with Gasteiger partial charge in [0.15, 0.2) is 0 Å². The second kappa shape index (κ2) is 7.56. The lowest BCUT2D eigenvalue weighted by Gasteiger charge is -2.23. The number of benzene rings is 1. The molecule has 1 N–H and O–H groups in total. The first-order valence-electron chi connectivity index (χ1n) is 8.10. The van der Waals surface area contributed by atoms with Gasteiger partial charge in [0.25, 0.3) is 5.91 Å². The first-order valence-corrected chi connectivity index (χ1v) is 9.71. The highest BCUT2D eigenvalue weighted by Gasteiger charge is 2.31. The van der Waals surface area contributed by atoms with Gasteiger partial charge in [-0.15, -0.1) is 23.7 Å². The van der Waals surface area contributed by atoms with E-state index in [9.17, 15) is 4.79 Å². The van der Waals surface area contributed by atoms with Crippen LogP contribution in [0.3, 0.4) is 0 Å². The number of thiophene rings is 1. The van der Waals surface area contributed by atoms with Crippen LogP contribution in [0.2, 0.25) is 0 Å².